The molecule has 0 saturated heterocycles. The van der Waals surface area contributed by atoms with Crippen LogP contribution in [0.2, 0.25) is 10.0 Å². The van der Waals surface area contributed by atoms with Gasteiger partial charge in [-0.15, -0.1) is 19.8 Å². The van der Waals surface area contributed by atoms with Gasteiger partial charge in [0.2, 0.25) is 0 Å². The van der Waals surface area contributed by atoms with Gasteiger partial charge in [-0.3, -0.25) is 14.5 Å². The Morgan fingerprint density at radius 1 is 1.10 bits per heavy atom. The predicted octanol–water partition coefficient (Wildman–Crippen LogP) is 5.27. The lowest BCUT2D eigenvalue weighted by Gasteiger charge is -2.13. The number of carbonyl (C=O) groups is 2. The van der Waals surface area contributed by atoms with Crippen molar-refractivity contribution in [2.24, 2.45) is 0 Å². The van der Waals surface area contributed by atoms with Gasteiger partial charge in [-0.1, -0.05) is 41.4 Å². The van der Waals surface area contributed by atoms with E-state index in [1.807, 2.05) is 0 Å². The van der Waals surface area contributed by atoms with E-state index in [1.165, 1.54) is 36.4 Å². The van der Waals surface area contributed by atoms with Crippen LogP contribution < -0.4 is 10.1 Å². The zero-order chi connectivity index (χ0) is 22.1. The third-order valence-corrected chi connectivity index (χ3v) is 4.56. The number of amides is 2. The third kappa shape index (κ3) is 4.60. The molecule has 0 spiro atoms. The van der Waals surface area contributed by atoms with E-state index in [2.05, 4.69) is 16.6 Å². The van der Waals surface area contributed by atoms with E-state index >= 15 is 0 Å². The van der Waals surface area contributed by atoms with E-state index in [9.17, 15) is 22.8 Å². The molecule has 0 saturated carbocycles. The smallest absolute Gasteiger partial charge is 0.406 e. The van der Waals surface area contributed by atoms with Crippen LogP contribution >= 0.6 is 23.2 Å². The number of alkyl halides is 3. The number of hydrogen-bond acceptors (Lipinski definition) is 4. The van der Waals surface area contributed by atoms with Crippen molar-refractivity contribution in [3.8, 4) is 5.75 Å². The minimum Gasteiger partial charge on any atom is -0.406 e. The van der Waals surface area contributed by atoms with Crippen LogP contribution in [0.25, 0.3) is 5.57 Å². The molecule has 10 heteroatoms. The second-order valence-corrected chi connectivity index (χ2v) is 6.93. The summed E-state index contributed by atoms with van der Waals surface area (Å²) in [4.78, 5) is 26.7. The summed E-state index contributed by atoms with van der Waals surface area (Å²) in [5.74, 6) is -1.80. The molecular weight excluding hydrogens is 444 g/mol. The summed E-state index contributed by atoms with van der Waals surface area (Å²) in [6, 6.07) is 9.28. The Labute approximate surface area is 179 Å². The van der Waals surface area contributed by atoms with Crippen LogP contribution in [0, 0.1) is 0 Å². The lowest BCUT2D eigenvalue weighted by molar-refractivity contribution is -0.274. The zero-order valence-electron chi connectivity index (χ0n) is 15.1. The Morgan fingerprint density at radius 2 is 1.83 bits per heavy atom. The first-order valence-electron chi connectivity index (χ1n) is 8.40. The van der Waals surface area contributed by atoms with Gasteiger partial charge >= 0.3 is 6.36 Å². The van der Waals surface area contributed by atoms with Crippen LogP contribution in [0.15, 0.2) is 60.8 Å². The molecule has 2 aromatic carbocycles. The van der Waals surface area contributed by atoms with Gasteiger partial charge in [-0.2, -0.15) is 0 Å². The molecule has 2 amide bonds. The van der Waals surface area contributed by atoms with Crippen LogP contribution in [0.3, 0.4) is 0 Å². The van der Waals surface area contributed by atoms with Gasteiger partial charge in [-0.05, 0) is 24.3 Å². The molecule has 0 bridgehead atoms. The van der Waals surface area contributed by atoms with E-state index in [4.69, 9.17) is 23.2 Å². The number of hydrogen-bond donors (Lipinski definition) is 1. The van der Waals surface area contributed by atoms with Crippen LogP contribution in [-0.2, 0) is 9.59 Å². The van der Waals surface area contributed by atoms with Gasteiger partial charge in [0.15, 0.2) is 0 Å². The predicted molar refractivity (Wildman–Crippen MR) is 107 cm³/mol. The summed E-state index contributed by atoms with van der Waals surface area (Å²) in [6.07, 6.45) is -3.50. The van der Waals surface area contributed by atoms with Gasteiger partial charge < -0.3 is 10.1 Å². The number of ether oxygens (including phenoxy) is 1. The number of imide groups is 1. The maximum absolute atomic E-state index is 12.9. The lowest BCUT2D eigenvalue weighted by Crippen LogP contribution is -2.32. The first-order valence-corrected chi connectivity index (χ1v) is 9.16. The van der Waals surface area contributed by atoms with Crippen molar-refractivity contribution < 1.29 is 27.5 Å². The van der Waals surface area contributed by atoms with Crippen molar-refractivity contribution in [3.05, 3.63) is 76.4 Å². The number of halogens is 5. The number of benzene rings is 2. The highest BCUT2D eigenvalue weighted by atomic mass is 35.5. The zero-order valence-corrected chi connectivity index (χ0v) is 16.6. The van der Waals surface area contributed by atoms with E-state index in [0.29, 0.717) is 5.02 Å². The maximum atomic E-state index is 12.9. The normalized spacial score (nSPS) is 14.4. The highest BCUT2D eigenvalue weighted by Crippen LogP contribution is 2.36. The number of rotatable bonds is 6. The lowest BCUT2D eigenvalue weighted by atomic mass is 10.0. The van der Waals surface area contributed by atoms with Gasteiger partial charge in [0.05, 0.1) is 10.6 Å². The molecule has 1 aliphatic rings. The molecule has 0 unspecified atom stereocenters. The quantitative estimate of drug-likeness (QED) is 0.475. The molecule has 0 aliphatic carbocycles. The highest BCUT2D eigenvalue weighted by Gasteiger charge is 2.39. The van der Waals surface area contributed by atoms with Crippen molar-refractivity contribution >= 4 is 46.3 Å². The molecule has 2 aromatic rings. The van der Waals surface area contributed by atoms with Gasteiger partial charge in [-0.25, -0.2) is 0 Å². The minimum atomic E-state index is -4.88. The maximum Gasteiger partial charge on any atom is 0.573 e. The molecule has 0 radical (unpaired) electrons. The molecule has 1 aliphatic heterocycles. The Morgan fingerprint density at radius 3 is 2.47 bits per heavy atom. The van der Waals surface area contributed by atoms with Crippen LogP contribution in [-0.4, -0.2) is 29.6 Å². The minimum absolute atomic E-state index is 0.0364. The average Bonchev–Trinajstić information content (AvgIpc) is 2.86. The topological polar surface area (TPSA) is 58.6 Å². The first kappa shape index (κ1) is 21.7. The molecule has 0 atom stereocenters. The highest BCUT2D eigenvalue weighted by molar-refractivity contribution is 6.41. The molecule has 30 heavy (non-hydrogen) atoms. The molecule has 156 valence electrons. The molecule has 0 fully saturated rings. The Balaban J connectivity index is 2.06. The van der Waals surface area contributed by atoms with Crippen molar-refractivity contribution in [1.82, 2.24) is 4.90 Å². The monoisotopic (exact) mass is 456 g/mol. The van der Waals surface area contributed by atoms with Crippen molar-refractivity contribution in [2.45, 2.75) is 6.36 Å². The fourth-order valence-corrected chi connectivity index (χ4v) is 3.35. The molecule has 0 aromatic heterocycles. The largest absolute Gasteiger partial charge is 0.573 e. The summed E-state index contributed by atoms with van der Waals surface area (Å²) >= 11 is 12.1. The van der Waals surface area contributed by atoms with Crippen LogP contribution in [0.5, 0.6) is 5.75 Å². The number of anilines is 1. The first-order chi connectivity index (χ1) is 14.1. The Bertz CT molecular complexity index is 1070. The van der Waals surface area contributed by atoms with E-state index in [-0.39, 0.29) is 34.1 Å². The SMILES string of the molecule is C=CCN1C(=O)C(Nc2cccc(OC(F)(F)F)c2)=C(c2ccc(Cl)cc2Cl)C1=O. The Kier molecular flexibility index (Phi) is 6.09. The van der Waals surface area contributed by atoms with Crippen LogP contribution in [0.1, 0.15) is 5.56 Å². The standard InChI is InChI=1S/C20H13Cl2F3N2O3/c1-2-8-27-18(28)16(14-7-6-11(21)9-15(14)22)17(19(27)29)26-12-4-3-5-13(10-12)30-20(23,24)25/h2-7,9-10,26H,1,8H2. The summed E-state index contributed by atoms with van der Waals surface area (Å²) < 4.78 is 41.4. The molecule has 5 nitrogen and oxygen atoms in total. The second-order valence-electron chi connectivity index (χ2n) is 6.08. The van der Waals surface area contributed by atoms with Crippen molar-refractivity contribution in [2.75, 3.05) is 11.9 Å². The number of nitrogens with one attached hydrogen (secondary N) is 1. The average molecular weight is 457 g/mol. The van der Waals surface area contributed by atoms with E-state index < -0.39 is 23.9 Å². The summed E-state index contributed by atoms with van der Waals surface area (Å²) in [6.45, 7) is 3.46. The third-order valence-electron chi connectivity index (χ3n) is 4.02. The fourth-order valence-electron chi connectivity index (χ4n) is 2.84. The molecule has 3 rings (SSSR count). The molecule has 1 N–H and O–H groups in total. The van der Waals surface area contributed by atoms with Crippen molar-refractivity contribution in [3.63, 3.8) is 0 Å². The number of carbonyl (C=O) groups excluding carboxylic acids is 2. The fraction of sp³-hybridized carbons (Fsp3) is 0.100. The molecule has 1 heterocycles. The van der Waals surface area contributed by atoms with Gasteiger partial charge in [0.1, 0.15) is 11.4 Å². The van der Waals surface area contributed by atoms with Gasteiger partial charge in [0, 0.05) is 28.9 Å². The summed E-state index contributed by atoms with van der Waals surface area (Å²) in [5, 5.41) is 3.18. The van der Waals surface area contributed by atoms with Crippen molar-refractivity contribution in [1.29, 1.82) is 0 Å². The number of nitrogens with zero attached hydrogens (tertiary/aromatic N) is 1. The van der Waals surface area contributed by atoms with E-state index in [0.717, 1.165) is 17.0 Å². The Hall–Kier alpha value is -2.97. The van der Waals surface area contributed by atoms with Gasteiger partial charge in [0.25, 0.3) is 11.8 Å². The summed E-state index contributed by atoms with van der Waals surface area (Å²) in [5.41, 5.74) is 0.174. The van der Waals surface area contributed by atoms with E-state index in [1.54, 1.807) is 0 Å². The second kappa shape index (κ2) is 8.41. The molecular formula is C20H13Cl2F3N2O3. The van der Waals surface area contributed by atoms with Crippen LogP contribution in [0.4, 0.5) is 18.9 Å². The summed E-state index contributed by atoms with van der Waals surface area (Å²) in [7, 11) is 0.